The van der Waals surface area contributed by atoms with E-state index in [1.165, 1.54) is 5.56 Å². The van der Waals surface area contributed by atoms with Crippen LogP contribution in [0.2, 0.25) is 0 Å². The van der Waals surface area contributed by atoms with Crippen molar-refractivity contribution in [2.75, 3.05) is 19.0 Å². The van der Waals surface area contributed by atoms with Crippen molar-refractivity contribution in [1.29, 1.82) is 0 Å². The standard InChI is InChI=1S/C23H26N4O2/c1-16-6-4-8-19(12-16)15-25-23(28)21-14-22(27-17(2)26-21)24-11-10-18-7-5-9-20(13-18)29-3/h4-9,12-14H,10-11,15H2,1-3H3,(H,25,28)(H,24,26,27). The predicted molar refractivity (Wildman–Crippen MR) is 114 cm³/mol. The maximum Gasteiger partial charge on any atom is 0.270 e. The summed E-state index contributed by atoms with van der Waals surface area (Å²) in [7, 11) is 1.66. The molecule has 29 heavy (non-hydrogen) atoms. The van der Waals surface area contributed by atoms with Gasteiger partial charge in [-0.15, -0.1) is 0 Å². The fourth-order valence-corrected chi connectivity index (χ4v) is 3.03. The summed E-state index contributed by atoms with van der Waals surface area (Å²) >= 11 is 0. The number of carbonyl (C=O) groups excluding carboxylic acids is 1. The first-order valence-electron chi connectivity index (χ1n) is 9.60. The van der Waals surface area contributed by atoms with E-state index in [1.54, 1.807) is 20.1 Å². The second-order valence-corrected chi connectivity index (χ2v) is 6.89. The number of benzene rings is 2. The molecule has 1 aromatic heterocycles. The Morgan fingerprint density at radius 3 is 2.59 bits per heavy atom. The van der Waals surface area contributed by atoms with Crippen LogP contribution in [0.5, 0.6) is 5.75 Å². The average molecular weight is 390 g/mol. The van der Waals surface area contributed by atoms with Gasteiger partial charge in [-0.2, -0.15) is 0 Å². The first-order valence-corrected chi connectivity index (χ1v) is 9.60. The normalized spacial score (nSPS) is 10.4. The minimum Gasteiger partial charge on any atom is -0.497 e. The van der Waals surface area contributed by atoms with Gasteiger partial charge in [-0.1, -0.05) is 42.0 Å². The Morgan fingerprint density at radius 1 is 1.00 bits per heavy atom. The topological polar surface area (TPSA) is 76.1 Å². The highest BCUT2D eigenvalue weighted by Gasteiger charge is 2.10. The summed E-state index contributed by atoms with van der Waals surface area (Å²) in [6.45, 7) is 4.96. The molecule has 2 aromatic carbocycles. The Labute approximate surface area is 171 Å². The molecule has 0 fully saturated rings. The molecule has 0 atom stereocenters. The quantitative estimate of drug-likeness (QED) is 0.614. The van der Waals surface area contributed by atoms with Crippen LogP contribution in [-0.4, -0.2) is 29.5 Å². The van der Waals surface area contributed by atoms with Gasteiger partial charge in [0.15, 0.2) is 0 Å². The second-order valence-electron chi connectivity index (χ2n) is 6.89. The Bertz CT molecular complexity index is 988. The van der Waals surface area contributed by atoms with E-state index in [0.717, 1.165) is 23.3 Å². The molecular formula is C23H26N4O2. The van der Waals surface area contributed by atoms with Crippen LogP contribution in [0.1, 0.15) is 33.0 Å². The highest BCUT2D eigenvalue weighted by Crippen LogP contribution is 2.13. The molecule has 0 radical (unpaired) electrons. The minimum atomic E-state index is -0.215. The lowest BCUT2D eigenvalue weighted by Crippen LogP contribution is -2.24. The van der Waals surface area contributed by atoms with E-state index < -0.39 is 0 Å². The van der Waals surface area contributed by atoms with Crippen molar-refractivity contribution in [3.05, 3.63) is 82.8 Å². The van der Waals surface area contributed by atoms with Crippen LogP contribution in [0, 0.1) is 13.8 Å². The molecule has 3 aromatic rings. The third-order valence-electron chi connectivity index (χ3n) is 4.46. The number of anilines is 1. The van der Waals surface area contributed by atoms with Crippen molar-refractivity contribution in [2.24, 2.45) is 0 Å². The van der Waals surface area contributed by atoms with Crippen molar-refractivity contribution in [1.82, 2.24) is 15.3 Å². The number of amides is 1. The molecule has 0 unspecified atom stereocenters. The highest BCUT2D eigenvalue weighted by molar-refractivity contribution is 5.92. The van der Waals surface area contributed by atoms with Crippen LogP contribution in [0.3, 0.4) is 0 Å². The summed E-state index contributed by atoms with van der Waals surface area (Å²) in [6.07, 6.45) is 0.815. The number of hydrogen-bond donors (Lipinski definition) is 2. The van der Waals surface area contributed by atoms with Crippen LogP contribution in [-0.2, 0) is 13.0 Å². The summed E-state index contributed by atoms with van der Waals surface area (Å²) < 4.78 is 5.25. The van der Waals surface area contributed by atoms with Crippen molar-refractivity contribution < 1.29 is 9.53 Å². The van der Waals surface area contributed by atoms with Crippen LogP contribution < -0.4 is 15.4 Å². The lowest BCUT2D eigenvalue weighted by atomic mass is 10.1. The number of rotatable bonds is 8. The molecule has 3 rings (SSSR count). The van der Waals surface area contributed by atoms with Crippen LogP contribution in [0.25, 0.3) is 0 Å². The SMILES string of the molecule is COc1cccc(CCNc2cc(C(=O)NCc3cccc(C)c3)nc(C)n2)c1. The van der Waals surface area contributed by atoms with Gasteiger partial charge in [0.1, 0.15) is 23.1 Å². The lowest BCUT2D eigenvalue weighted by molar-refractivity contribution is 0.0945. The van der Waals surface area contributed by atoms with Gasteiger partial charge in [-0.3, -0.25) is 4.79 Å². The molecule has 0 aliphatic heterocycles. The smallest absolute Gasteiger partial charge is 0.270 e. The molecule has 6 heteroatoms. The fourth-order valence-electron chi connectivity index (χ4n) is 3.03. The molecule has 2 N–H and O–H groups in total. The van der Waals surface area contributed by atoms with Gasteiger partial charge >= 0.3 is 0 Å². The van der Waals surface area contributed by atoms with Crippen molar-refractivity contribution in [3.63, 3.8) is 0 Å². The molecule has 1 amide bonds. The van der Waals surface area contributed by atoms with Gasteiger partial charge in [0.25, 0.3) is 5.91 Å². The van der Waals surface area contributed by atoms with E-state index in [-0.39, 0.29) is 5.91 Å². The molecule has 0 saturated heterocycles. The number of carbonyl (C=O) groups is 1. The zero-order chi connectivity index (χ0) is 20.6. The number of aromatic nitrogens is 2. The molecule has 0 aliphatic rings. The first-order chi connectivity index (χ1) is 14.0. The third-order valence-corrected chi connectivity index (χ3v) is 4.46. The van der Waals surface area contributed by atoms with Gasteiger partial charge in [0.2, 0.25) is 0 Å². The Kier molecular flexibility index (Phi) is 6.79. The number of aryl methyl sites for hydroxylation is 2. The maximum absolute atomic E-state index is 12.5. The minimum absolute atomic E-state index is 0.215. The maximum atomic E-state index is 12.5. The number of nitrogens with one attached hydrogen (secondary N) is 2. The van der Waals surface area contributed by atoms with Crippen molar-refractivity contribution in [3.8, 4) is 5.75 Å². The van der Waals surface area contributed by atoms with Crippen molar-refractivity contribution >= 4 is 11.7 Å². The number of nitrogens with zero attached hydrogens (tertiary/aromatic N) is 2. The van der Waals surface area contributed by atoms with E-state index in [4.69, 9.17) is 4.74 Å². The van der Waals surface area contributed by atoms with E-state index in [0.29, 0.717) is 30.4 Å². The lowest BCUT2D eigenvalue weighted by Gasteiger charge is -2.10. The van der Waals surface area contributed by atoms with E-state index >= 15 is 0 Å². The number of ether oxygens (including phenoxy) is 1. The predicted octanol–water partition coefficient (Wildman–Crippen LogP) is 3.69. The van der Waals surface area contributed by atoms with Crippen LogP contribution in [0.4, 0.5) is 5.82 Å². The molecule has 0 aliphatic carbocycles. The summed E-state index contributed by atoms with van der Waals surface area (Å²) in [5.41, 5.74) is 3.74. The van der Waals surface area contributed by atoms with Crippen LogP contribution >= 0.6 is 0 Å². The molecule has 150 valence electrons. The summed E-state index contributed by atoms with van der Waals surface area (Å²) in [4.78, 5) is 21.2. The van der Waals surface area contributed by atoms with Crippen LogP contribution in [0.15, 0.2) is 54.6 Å². The molecule has 0 saturated carbocycles. The fraction of sp³-hybridized carbons (Fsp3) is 0.261. The zero-order valence-corrected chi connectivity index (χ0v) is 17.0. The Balaban J connectivity index is 1.59. The van der Waals surface area contributed by atoms with Crippen molar-refractivity contribution in [2.45, 2.75) is 26.8 Å². The van der Waals surface area contributed by atoms with Gasteiger partial charge in [-0.25, -0.2) is 9.97 Å². The van der Waals surface area contributed by atoms with Gasteiger partial charge in [-0.05, 0) is 43.5 Å². The monoisotopic (exact) mass is 390 g/mol. The third kappa shape index (κ3) is 6.04. The zero-order valence-electron chi connectivity index (χ0n) is 17.0. The number of hydrogen-bond acceptors (Lipinski definition) is 5. The first kappa shape index (κ1) is 20.3. The molecule has 1 heterocycles. The molecular weight excluding hydrogens is 364 g/mol. The largest absolute Gasteiger partial charge is 0.497 e. The molecule has 0 spiro atoms. The van der Waals surface area contributed by atoms with Gasteiger partial charge in [0.05, 0.1) is 7.11 Å². The Hall–Kier alpha value is -3.41. The summed E-state index contributed by atoms with van der Waals surface area (Å²) in [6, 6.07) is 17.7. The molecule has 0 bridgehead atoms. The molecule has 6 nitrogen and oxygen atoms in total. The number of methoxy groups -OCH3 is 1. The van der Waals surface area contributed by atoms with E-state index in [2.05, 4.69) is 32.7 Å². The average Bonchev–Trinajstić information content (AvgIpc) is 2.72. The van der Waals surface area contributed by atoms with E-state index in [1.807, 2.05) is 43.3 Å². The summed E-state index contributed by atoms with van der Waals surface area (Å²) in [5, 5.41) is 6.20. The Morgan fingerprint density at radius 2 is 1.79 bits per heavy atom. The van der Waals surface area contributed by atoms with Gasteiger partial charge in [0, 0.05) is 19.2 Å². The van der Waals surface area contributed by atoms with E-state index in [9.17, 15) is 4.79 Å². The highest BCUT2D eigenvalue weighted by atomic mass is 16.5. The van der Waals surface area contributed by atoms with Gasteiger partial charge < -0.3 is 15.4 Å². The second kappa shape index (κ2) is 9.68. The summed E-state index contributed by atoms with van der Waals surface area (Å²) in [5.74, 6) is 1.82.